The second-order valence-corrected chi connectivity index (χ2v) is 4.25. The van der Waals surface area contributed by atoms with E-state index in [1.54, 1.807) is 30.6 Å². The highest BCUT2D eigenvalue weighted by Gasteiger charge is 2.14. The molecule has 19 heavy (non-hydrogen) atoms. The lowest BCUT2D eigenvalue weighted by molar-refractivity contribution is 0.473. The van der Waals surface area contributed by atoms with Crippen LogP contribution in [-0.4, -0.2) is 20.3 Å². The average molecular weight is 274 g/mol. The molecule has 0 atom stereocenters. The minimum Gasteiger partial charge on any atom is -0.507 e. The summed E-state index contributed by atoms with van der Waals surface area (Å²) in [6, 6.07) is 8.21. The lowest BCUT2D eigenvalue weighted by Gasteiger charge is -1.99. The van der Waals surface area contributed by atoms with Crippen molar-refractivity contribution in [1.29, 1.82) is 0 Å². The Morgan fingerprint density at radius 2 is 1.95 bits per heavy atom. The third-order valence-electron chi connectivity index (χ3n) is 2.52. The van der Waals surface area contributed by atoms with E-state index in [1.165, 1.54) is 6.07 Å². The predicted octanol–water partition coefficient (Wildman–Crippen LogP) is 3.16. The van der Waals surface area contributed by atoms with Crippen molar-refractivity contribution in [1.82, 2.24) is 15.2 Å². The van der Waals surface area contributed by atoms with Gasteiger partial charge in [-0.15, -0.1) is 10.2 Å². The minimum absolute atomic E-state index is 0.0331. The number of nitrogens with zero attached hydrogens (tertiary/aromatic N) is 3. The fourth-order valence-electron chi connectivity index (χ4n) is 1.62. The molecule has 1 N–H and O–H groups in total. The molecule has 5 nitrogen and oxygen atoms in total. The van der Waals surface area contributed by atoms with Crippen molar-refractivity contribution in [3.63, 3.8) is 0 Å². The molecule has 0 aliphatic heterocycles. The highest BCUT2D eigenvalue weighted by atomic mass is 35.5. The van der Waals surface area contributed by atoms with Crippen LogP contribution in [0.5, 0.6) is 5.75 Å². The summed E-state index contributed by atoms with van der Waals surface area (Å²) < 4.78 is 5.51. The molecular weight excluding hydrogens is 266 g/mol. The molecule has 0 unspecified atom stereocenters. The molecule has 94 valence electrons. The number of rotatable bonds is 2. The van der Waals surface area contributed by atoms with Crippen LogP contribution < -0.4 is 0 Å². The molecule has 1 aromatic carbocycles. The second kappa shape index (κ2) is 4.70. The molecule has 0 aliphatic carbocycles. The first-order valence-electron chi connectivity index (χ1n) is 5.47. The van der Waals surface area contributed by atoms with E-state index in [9.17, 15) is 5.11 Å². The van der Waals surface area contributed by atoms with Gasteiger partial charge >= 0.3 is 0 Å². The molecular formula is C13H8ClN3O2. The number of phenols is 1. The number of benzene rings is 1. The van der Waals surface area contributed by atoms with Crippen LogP contribution in [0.1, 0.15) is 0 Å². The molecule has 0 fully saturated rings. The fourth-order valence-corrected chi connectivity index (χ4v) is 1.79. The number of phenolic OH excluding ortho intramolecular Hbond substituents is 1. The van der Waals surface area contributed by atoms with E-state index < -0.39 is 0 Å². The minimum atomic E-state index is 0.0331. The summed E-state index contributed by atoms with van der Waals surface area (Å²) >= 11 is 5.88. The lowest BCUT2D eigenvalue weighted by atomic mass is 10.2. The number of hydrogen-bond acceptors (Lipinski definition) is 5. The Balaban J connectivity index is 2.04. The van der Waals surface area contributed by atoms with Gasteiger partial charge in [-0.1, -0.05) is 11.6 Å². The van der Waals surface area contributed by atoms with Crippen molar-refractivity contribution in [3.05, 3.63) is 47.7 Å². The summed E-state index contributed by atoms with van der Waals surface area (Å²) in [5, 5.41) is 18.1. The lowest BCUT2D eigenvalue weighted by Crippen LogP contribution is -1.79. The smallest absolute Gasteiger partial charge is 0.251 e. The highest BCUT2D eigenvalue weighted by molar-refractivity contribution is 6.30. The fraction of sp³-hybridized carbons (Fsp3) is 0. The SMILES string of the molecule is Oc1ccc(Cl)cc1-c1nnc(-c2cccnc2)o1. The van der Waals surface area contributed by atoms with E-state index in [2.05, 4.69) is 15.2 Å². The molecule has 2 heterocycles. The van der Waals surface area contributed by atoms with E-state index in [-0.39, 0.29) is 11.6 Å². The van der Waals surface area contributed by atoms with Gasteiger partial charge in [0.25, 0.3) is 5.89 Å². The number of hydrogen-bond donors (Lipinski definition) is 1. The normalized spacial score (nSPS) is 10.6. The predicted molar refractivity (Wildman–Crippen MR) is 69.6 cm³/mol. The summed E-state index contributed by atoms with van der Waals surface area (Å²) in [7, 11) is 0. The topological polar surface area (TPSA) is 72.0 Å². The van der Waals surface area contributed by atoms with Gasteiger partial charge in [0.1, 0.15) is 5.75 Å². The van der Waals surface area contributed by atoms with E-state index in [1.807, 2.05) is 6.07 Å². The van der Waals surface area contributed by atoms with Gasteiger partial charge in [-0.25, -0.2) is 0 Å². The maximum Gasteiger partial charge on any atom is 0.251 e. The standard InChI is InChI=1S/C13H8ClN3O2/c14-9-3-4-11(18)10(6-9)13-17-16-12(19-13)8-2-1-5-15-7-8/h1-7,18H. The Labute approximate surface area is 113 Å². The van der Waals surface area contributed by atoms with E-state index >= 15 is 0 Å². The van der Waals surface area contributed by atoms with Crippen molar-refractivity contribution in [2.75, 3.05) is 0 Å². The van der Waals surface area contributed by atoms with Crippen molar-refractivity contribution < 1.29 is 9.52 Å². The van der Waals surface area contributed by atoms with Crippen molar-refractivity contribution >= 4 is 11.6 Å². The van der Waals surface area contributed by atoms with Gasteiger partial charge in [-0.2, -0.15) is 0 Å². The van der Waals surface area contributed by atoms with Crippen LogP contribution in [0.25, 0.3) is 22.9 Å². The van der Waals surface area contributed by atoms with Crippen molar-refractivity contribution in [2.24, 2.45) is 0 Å². The Morgan fingerprint density at radius 3 is 2.74 bits per heavy atom. The van der Waals surface area contributed by atoms with Crippen LogP contribution in [0.3, 0.4) is 0 Å². The largest absolute Gasteiger partial charge is 0.507 e. The Hall–Kier alpha value is -2.40. The molecule has 0 bridgehead atoms. The van der Waals surface area contributed by atoms with Gasteiger partial charge in [-0.05, 0) is 30.3 Å². The van der Waals surface area contributed by atoms with Gasteiger partial charge in [0, 0.05) is 17.4 Å². The van der Waals surface area contributed by atoms with E-state index in [4.69, 9.17) is 16.0 Å². The van der Waals surface area contributed by atoms with Crippen molar-refractivity contribution in [2.45, 2.75) is 0 Å². The molecule has 0 amide bonds. The zero-order valence-corrected chi connectivity index (χ0v) is 10.4. The summed E-state index contributed by atoms with van der Waals surface area (Å²) in [5.41, 5.74) is 1.11. The average Bonchev–Trinajstić information content (AvgIpc) is 2.92. The molecule has 0 radical (unpaired) electrons. The number of aromatic nitrogens is 3. The van der Waals surface area contributed by atoms with E-state index in [0.29, 0.717) is 22.0 Å². The van der Waals surface area contributed by atoms with Gasteiger partial charge in [0.15, 0.2) is 0 Å². The molecule has 0 saturated carbocycles. The summed E-state index contributed by atoms with van der Waals surface area (Å²) in [6.07, 6.45) is 3.28. The number of aromatic hydroxyl groups is 1. The Morgan fingerprint density at radius 1 is 1.11 bits per heavy atom. The van der Waals surface area contributed by atoms with Crippen LogP contribution in [0.4, 0.5) is 0 Å². The van der Waals surface area contributed by atoms with E-state index in [0.717, 1.165) is 0 Å². The van der Waals surface area contributed by atoms with Crippen LogP contribution >= 0.6 is 11.6 Å². The summed E-state index contributed by atoms with van der Waals surface area (Å²) in [6.45, 7) is 0. The van der Waals surface area contributed by atoms with Crippen LogP contribution in [0.2, 0.25) is 5.02 Å². The Bertz CT molecular complexity index is 713. The Kier molecular flexibility index (Phi) is 2.89. The van der Waals surface area contributed by atoms with Gasteiger partial charge in [0.05, 0.1) is 11.1 Å². The number of pyridine rings is 1. The zero-order valence-electron chi connectivity index (χ0n) is 9.62. The third kappa shape index (κ3) is 2.28. The van der Waals surface area contributed by atoms with Crippen molar-refractivity contribution in [3.8, 4) is 28.7 Å². The maximum atomic E-state index is 9.77. The van der Waals surface area contributed by atoms with Crippen LogP contribution in [-0.2, 0) is 0 Å². The molecule has 6 heteroatoms. The maximum absolute atomic E-state index is 9.77. The van der Waals surface area contributed by atoms with Crippen LogP contribution in [0.15, 0.2) is 47.1 Å². The molecule has 3 aromatic rings. The quantitative estimate of drug-likeness (QED) is 0.776. The molecule has 2 aromatic heterocycles. The molecule has 0 saturated heterocycles. The summed E-state index contributed by atoms with van der Waals surface area (Å²) in [5.74, 6) is 0.576. The first kappa shape index (κ1) is 11.7. The van der Waals surface area contributed by atoms with Crippen LogP contribution in [0, 0.1) is 0 Å². The first-order chi connectivity index (χ1) is 9.24. The second-order valence-electron chi connectivity index (χ2n) is 3.82. The monoisotopic (exact) mass is 273 g/mol. The number of halogens is 1. The molecule has 3 rings (SSSR count). The zero-order chi connectivity index (χ0) is 13.2. The third-order valence-corrected chi connectivity index (χ3v) is 2.76. The summed E-state index contributed by atoms with van der Waals surface area (Å²) in [4.78, 5) is 3.98. The van der Waals surface area contributed by atoms with Gasteiger partial charge in [-0.3, -0.25) is 4.98 Å². The van der Waals surface area contributed by atoms with Gasteiger partial charge < -0.3 is 9.52 Å². The molecule has 0 aliphatic rings. The highest BCUT2D eigenvalue weighted by Crippen LogP contribution is 2.32. The van der Waals surface area contributed by atoms with Gasteiger partial charge in [0.2, 0.25) is 5.89 Å². The first-order valence-corrected chi connectivity index (χ1v) is 5.84. The molecule has 0 spiro atoms.